The lowest BCUT2D eigenvalue weighted by molar-refractivity contribution is -0.137. The largest absolute Gasteiger partial charge is 0.507 e. The number of halogens is 3. The van der Waals surface area contributed by atoms with Crippen LogP contribution in [0.4, 0.5) is 19.0 Å². The van der Waals surface area contributed by atoms with E-state index in [0.29, 0.717) is 28.5 Å². The van der Waals surface area contributed by atoms with Crippen molar-refractivity contribution in [3.63, 3.8) is 0 Å². The molecule has 2 fully saturated rings. The summed E-state index contributed by atoms with van der Waals surface area (Å²) in [6.45, 7) is 1.01. The summed E-state index contributed by atoms with van der Waals surface area (Å²) >= 11 is 0. The van der Waals surface area contributed by atoms with E-state index in [4.69, 9.17) is 0 Å². The average molecular weight is 429 g/mol. The van der Waals surface area contributed by atoms with Gasteiger partial charge in [-0.2, -0.15) is 13.2 Å². The quantitative estimate of drug-likeness (QED) is 0.641. The van der Waals surface area contributed by atoms with Crippen LogP contribution in [0, 0.1) is 0 Å². The van der Waals surface area contributed by atoms with E-state index in [1.54, 1.807) is 18.5 Å². The molecule has 6 nitrogen and oxygen atoms in total. The normalized spacial score (nSPS) is 20.8. The number of phenols is 1. The van der Waals surface area contributed by atoms with Crippen LogP contribution in [0.2, 0.25) is 0 Å². The Hall–Kier alpha value is -2.94. The van der Waals surface area contributed by atoms with Crippen LogP contribution in [0.1, 0.15) is 31.2 Å². The number of fused-ring (bicyclic) bond motifs is 1. The summed E-state index contributed by atoms with van der Waals surface area (Å²) < 4.78 is 38.9. The molecule has 9 heteroatoms. The van der Waals surface area contributed by atoms with Gasteiger partial charge in [-0.25, -0.2) is 0 Å². The number of phenolic OH excluding ortho intramolecular Hbond substituents is 1. The third kappa shape index (κ3) is 3.56. The molecule has 5 rings (SSSR count). The summed E-state index contributed by atoms with van der Waals surface area (Å²) in [4.78, 5) is 6.63. The molecule has 0 bridgehead atoms. The van der Waals surface area contributed by atoms with E-state index >= 15 is 0 Å². The van der Waals surface area contributed by atoms with Gasteiger partial charge in [0.15, 0.2) is 5.82 Å². The number of rotatable bonds is 3. The van der Waals surface area contributed by atoms with E-state index in [9.17, 15) is 18.3 Å². The van der Waals surface area contributed by atoms with Crippen LogP contribution in [-0.4, -0.2) is 50.4 Å². The third-order valence-electron chi connectivity index (χ3n) is 6.58. The zero-order valence-corrected chi connectivity index (χ0v) is 16.9. The summed E-state index contributed by atoms with van der Waals surface area (Å²) in [7, 11) is 2.17. The van der Waals surface area contributed by atoms with Gasteiger partial charge >= 0.3 is 6.18 Å². The maximum absolute atomic E-state index is 13.0. The van der Waals surface area contributed by atoms with Crippen LogP contribution in [0.3, 0.4) is 0 Å². The monoisotopic (exact) mass is 429 g/mol. The Balaban J connectivity index is 1.50. The molecule has 0 radical (unpaired) electrons. The number of hydrogen-bond acceptors (Lipinski definition) is 6. The number of nitrogens with one attached hydrogen (secondary N) is 1. The minimum absolute atomic E-state index is 0.194. The van der Waals surface area contributed by atoms with Crippen LogP contribution in [0.25, 0.3) is 22.0 Å². The van der Waals surface area contributed by atoms with Crippen molar-refractivity contribution in [2.45, 2.75) is 43.4 Å². The summed E-state index contributed by atoms with van der Waals surface area (Å²) in [5.41, 5.74) is -0.110. The Labute approximate surface area is 177 Å². The number of benzene rings is 1. The number of alkyl halides is 3. The van der Waals surface area contributed by atoms with E-state index in [-0.39, 0.29) is 11.6 Å². The first kappa shape index (κ1) is 20.0. The van der Waals surface area contributed by atoms with Crippen molar-refractivity contribution in [3.8, 4) is 17.0 Å². The van der Waals surface area contributed by atoms with Gasteiger partial charge in [-0.15, -0.1) is 10.2 Å². The summed E-state index contributed by atoms with van der Waals surface area (Å²) in [6, 6.07) is 4.87. The number of nitrogens with zero attached hydrogens (tertiary/aromatic N) is 4. The van der Waals surface area contributed by atoms with Crippen LogP contribution in [-0.2, 0) is 6.18 Å². The Morgan fingerprint density at radius 3 is 2.68 bits per heavy atom. The second-order valence-corrected chi connectivity index (χ2v) is 8.53. The molecule has 1 aliphatic carbocycles. The van der Waals surface area contributed by atoms with Gasteiger partial charge < -0.3 is 15.3 Å². The maximum Gasteiger partial charge on any atom is 0.416 e. The van der Waals surface area contributed by atoms with E-state index in [2.05, 4.69) is 32.4 Å². The Morgan fingerprint density at radius 2 is 1.97 bits per heavy atom. The lowest BCUT2D eigenvalue weighted by atomic mass is 9.95. The van der Waals surface area contributed by atoms with Crippen LogP contribution >= 0.6 is 0 Å². The lowest BCUT2D eigenvalue weighted by Crippen LogP contribution is -2.46. The molecule has 1 spiro atoms. The van der Waals surface area contributed by atoms with E-state index in [1.807, 2.05) is 0 Å². The van der Waals surface area contributed by atoms with E-state index in [1.165, 1.54) is 18.9 Å². The molecule has 2 aliphatic rings. The molecule has 2 aromatic heterocycles. The highest BCUT2D eigenvalue weighted by molar-refractivity contribution is 6.00. The van der Waals surface area contributed by atoms with Gasteiger partial charge in [0.1, 0.15) is 11.4 Å². The molecule has 3 aromatic rings. The molecule has 1 atom stereocenters. The molecule has 1 saturated heterocycles. The Kier molecular flexibility index (Phi) is 4.55. The fourth-order valence-corrected chi connectivity index (χ4v) is 4.56. The van der Waals surface area contributed by atoms with Crippen molar-refractivity contribution in [1.82, 2.24) is 20.1 Å². The molecule has 1 aliphatic heterocycles. The van der Waals surface area contributed by atoms with Gasteiger partial charge in [0.25, 0.3) is 0 Å². The Bertz CT molecular complexity index is 1150. The molecule has 0 amide bonds. The number of pyridine rings is 1. The summed E-state index contributed by atoms with van der Waals surface area (Å²) in [5, 5.41) is 23.8. The minimum Gasteiger partial charge on any atom is -0.507 e. The second kappa shape index (κ2) is 7.05. The molecule has 3 heterocycles. The molecule has 31 heavy (non-hydrogen) atoms. The topological polar surface area (TPSA) is 74.2 Å². The standard InChI is InChI=1S/C22H22F3N5O/c1-30-9-5-14(11-21(30)6-7-21)27-20-17-12-26-8-4-15(17)19(28-29-20)16-3-2-13(10-18(16)31)22(23,24)25/h2-4,8,10,12,14,31H,5-7,9,11H2,1H3,(H,27,29). The van der Waals surface area contributed by atoms with E-state index < -0.39 is 17.5 Å². The molecular weight excluding hydrogens is 407 g/mol. The predicted molar refractivity (Wildman–Crippen MR) is 111 cm³/mol. The van der Waals surface area contributed by atoms with Gasteiger partial charge in [0, 0.05) is 46.9 Å². The molecule has 2 N–H and O–H groups in total. The van der Waals surface area contributed by atoms with Gasteiger partial charge in [-0.3, -0.25) is 4.98 Å². The first-order valence-electron chi connectivity index (χ1n) is 10.3. The minimum atomic E-state index is -4.53. The predicted octanol–water partition coefficient (Wildman–Crippen LogP) is 4.45. The molecular formula is C22H22F3N5O. The first-order chi connectivity index (χ1) is 14.8. The number of hydrogen-bond donors (Lipinski definition) is 2. The highest BCUT2D eigenvalue weighted by Crippen LogP contribution is 2.48. The van der Waals surface area contributed by atoms with Gasteiger partial charge in [0.05, 0.1) is 5.56 Å². The number of aromatic nitrogens is 3. The zero-order chi connectivity index (χ0) is 21.8. The van der Waals surface area contributed by atoms with Gasteiger partial charge in [-0.1, -0.05) is 0 Å². The summed E-state index contributed by atoms with van der Waals surface area (Å²) in [5.74, 6) is 0.109. The highest BCUT2D eigenvalue weighted by Gasteiger charge is 2.49. The van der Waals surface area contributed by atoms with Crippen molar-refractivity contribution in [2.24, 2.45) is 0 Å². The fraction of sp³-hybridized carbons (Fsp3) is 0.409. The number of piperidine rings is 1. The molecule has 162 valence electrons. The zero-order valence-electron chi connectivity index (χ0n) is 16.9. The average Bonchev–Trinajstić information content (AvgIpc) is 3.51. The van der Waals surface area contributed by atoms with Crippen molar-refractivity contribution in [2.75, 3.05) is 18.9 Å². The van der Waals surface area contributed by atoms with Crippen LogP contribution in [0.15, 0.2) is 36.7 Å². The first-order valence-corrected chi connectivity index (χ1v) is 10.3. The Morgan fingerprint density at radius 1 is 1.16 bits per heavy atom. The van der Waals surface area contributed by atoms with E-state index in [0.717, 1.165) is 30.8 Å². The lowest BCUT2D eigenvalue weighted by Gasteiger charge is -2.38. The number of anilines is 1. The van der Waals surface area contributed by atoms with Crippen LogP contribution in [0.5, 0.6) is 5.75 Å². The van der Waals surface area contributed by atoms with Gasteiger partial charge in [0.2, 0.25) is 0 Å². The fourth-order valence-electron chi connectivity index (χ4n) is 4.56. The van der Waals surface area contributed by atoms with Crippen molar-refractivity contribution >= 4 is 16.6 Å². The summed E-state index contributed by atoms with van der Waals surface area (Å²) in [6.07, 6.45) is 3.17. The maximum atomic E-state index is 13.0. The number of likely N-dealkylation sites (tertiary alicyclic amines) is 1. The third-order valence-corrected chi connectivity index (χ3v) is 6.58. The number of aromatic hydroxyl groups is 1. The van der Waals surface area contributed by atoms with Crippen molar-refractivity contribution < 1.29 is 18.3 Å². The smallest absolute Gasteiger partial charge is 0.416 e. The molecule has 1 unspecified atom stereocenters. The second-order valence-electron chi connectivity index (χ2n) is 8.53. The van der Waals surface area contributed by atoms with Crippen molar-refractivity contribution in [3.05, 3.63) is 42.2 Å². The van der Waals surface area contributed by atoms with Gasteiger partial charge in [-0.05, 0) is 57.0 Å². The van der Waals surface area contributed by atoms with Crippen molar-refractivity contribution in [1.29, 1.82) is 0 Å². The molecule has 1 aromatic carbocycles. The molecule has 1 saturated carbocycles. The SMILES string of the molecule is CN1CCC(Nc2nnc(-c3ccc(C(F)(F)F)cc3O)c3ccncc23)CC12CC2. The van der Waals surface area contributed by atoms with Crippen LogP contribution < -0.4 is 5.32 Å². The highest BCUT2D eigenvalue weighted by atomic mass is 19.4.